The van der Waals surface area contributed by atoms with Gasteiger partial charge in [-0.05, 0) is 42.7 Å². The number of rotatable bonds is 3. The third-order valence-corrected chi connectivity index (χ3v) is 4.00. The highest BCUT2D eigenvalue weighted by Crippen LogP contribution is 2.19. The van der Waals surface area contributed by atoms with Gasteiger partial charge in [0.05, 0.1) is 11.6 Å². The molecule has 0 atom stereocenters. The summed E-state index contributed by atoms with van der Waals surface area (Å²) in [6.45, 7) is 1.85. The molecule has 116 valence electrons. The molecular formula is C17H16N4O2. The zero-order valence-electron chi connectivity index (χ0n) is 12.5. The first-order valence-electron chi connectivity index (χ1n) is 7.67. The summed E-state index contributed by atoms with van der Waals surface area (Å²) in [4.78, 5) is 26.3. The van der Waals surface area contributed by atoms with Crippen molar-refractivity contribution in [1.82, 2.24) is 15.0 Å². The van der Waals surface area contributed by atoms with E-state index in [0.29, 0.717) is 17.0 Å². The van der Waals surface area contributed by atoms with Crippen LogP contribution in [-0.4, -0.2) is 28.0 Å². The lowest BCUT2D eigenvalue weighted by atomic mass is 10.1. The van der Waals surface area contributed by atoms with Crippen LogP contribution >= 0.6 is 0 Å². The maximum atomic E-state index is 12.5. The highest BCUT2D eigenvalue weighted by molar-refractivity contribution is 5.87. The topological polar surface area (TPSA) is 75.0 Å². The minimum absolute atomic E-state index is 0.163. The van der Waals surface area contributed by atoms with E-state index in [1.54, 1.807) is 18.5 Å². The van der Waals surface area contributed by atoms with E-state index in [1.165, 1.54) is 0 Å². The number of hydrogen-bond acceptors (Lipinski definition) is 5. The Balaban J connectivity index is 1.79. The highest BCUT2D eigenvalue weighted by Gasteiger charge is 2.16. The van der Waals surface area contributed by atoms with Crippen LogP contribution in [0.2, 0.25) is 0 Å². The van der Waals surface area contributed by atoms with Gasteiger partial charge < -0.3 is 9.32 Å². The molecule has 1 aliphatic rings. The number of nitrogens with one attached hydrogen (secondary N) is 1. The lowest BCUT2D eigenvalue weighted by Crippen LogP contribution is -2.24. The fourth-order valence-electron chi connectivity index (χ4n) is 2.85. The first-order chi connectivity index (χ1) is 11.3. The summed E-state index contributed by atoms with van der Waals surface area (Å²) in [5.74, 6) is 1.34. The molecule has 1 saturated heterocycles. The second kappa shape index (κ2) is 5.72. The van der Waals surface area contributed by atoms with Crippen LogP contribution in [0.25, 0.3) is 23.2 Å². The number of H-pyrrole nitrogens is 1. The Bertz CT molecular complexity index is 906. The van der Waals surface area contributed by atoms with Crippen molar-refractivity contribution in [3.63, 3.8) is 0 Å². The summed E-state index contributed by atoms with van der Waals surface area (Å²) in [6.07, 6.45) is 9.20. The van der Waals surface area contributed by atoms with Crippen molar-refractivity contribution >= 4 is 29.1 Å². The van der Waals surface area contributed by atoms with Gasteiger partial charge in [-0.3, -0.25) is 9.78 Å². The summed E-state index contributed by atoms with van der Waals surface area (Å²) in [5.41, 5.74) is 1.08. The second-order valence-corrected chi connectivity index (χ2v) is 5.53. The van der Waals surface area contributed by atoms with Gasteiger partial charge >= 0.3 is 0 Å². The highest BCUT2D eigenvalue weighted by atomic mass is 16.3. The molecule has 0 radical (unpaired) electrons. The largest absolute Gasteiger partial charge is 0.465 e. The van der Waals surface area contributed by atoms with Gasteiger partial charge in [-0.25, -0.2) is 4.98 Å². The summed E-state index contributed by atoms with van der Waals surface area (Å²) in [6, 6.07) is 5.48. The molecule has 0 aliphatic carbocycles. The molecule has 0 aromatic carbocycles. The molecule has 1 fully saturated rings. The minimum atomic E-state index is -0.163. The number of nitrogens with zero attached hydrogens (tertiary/aromatic N) is 3. The number of hydrogen-bond donors (Lipinski definition) is 1. The number of anilines is 1. The van der Waals surface area contributed by atoms with E-state index in [2.05, 4.69) is 19.9 Å². The summed E-state index contributed by atoms with van der Waals surface area (Å²) >= 11 is 0. The Morgan fingerprint density at radius 3 is 2.87 bits per heavy atom. The zero-order chi connectivity index (χ0) is 15.6. The summed E-state index contributed by atoms with van der Waals surface area (Å²) in [7, 11) is 0. The number of fused-ring (bicyclic) bond motifs is 1. The maximum absolute atomic E-state index is 12.5. The maximum Gasteiger partial charge on any atom is 0.262 e. The fourth-order valence-corrected chi connectivity index (χ4v) is 2.85. The van der Waals surface area contributed by atoms with Crippen LogP contribution in [0.5, 0.6) is 0 Å². The van der Waals surface area contributed by atoms with Gasteiger partial charge in [-0.15, -0.1) is 0 Å². The molecule has 0 spiro atoms. The van der Waals surface area contributed by atoms with Crippen LogP contribution in [0, 0.1) is 0 Å². The van der Waals surface area contributed by atoms with Crippen LogP contribution in [-0.2, 0) is 0 Å². The van der Waals surface area contributed by atoms with E-state index in [-0.39, 0.29) is 5.56 Å². The van der Waals surface area contributed by atoms with Crippen LogP contribution in [0.1, 0.15) is 24.2 Å². The van der Waals surface area contributed by atoms with Crippen molar-refractivity contribution in [2.24, 2.45) is 0 Å². The standard InChI is InChI=1S/C17H16N4O2/c22-16-14-12(5-6-13-4-3-11-23-13)7-8-18-15(14)19-17(20-16)21-9-1-2-10-21/h3-8,11H,1-2,9-10H2,(H,18,19,20,22)/b6-5+. The van der Waals surface area contributed by atoms with Crippen LogP contribution in [0.4, 0.5) is 5.95 Å². The first-order valence-corrected chi connectivity index (χ1v) is 7.67. The van der Waals surface area contributed by atoms with E-state index in [9.17, 15) is 4.79 Å². The number of aromatic nitrogens is 3. The number of furan rings is 1. The van der Waals surface area contributed by atoms with Crippen LogP contribution in [0.3, 0.4) is 0 Å². The quantitative estimate of drug-likeness (QED) is 0.805. The number of aromatic amines is 1. The van der Waals surface area contributed by atoms with E-state index in [1.807, 2.05) is 24.3 Å². The lowest BCUT2D eigenvalue weighted by Gasteiger charge is -2.15. The predicted molar refractivity (Wildman–Crippen MR) is 89.2 cm³/mol. The van der Waals surface area contributed by atoms with Crippen molar-refractivity contribution in [1.29, 1.82) is 0 Å². The van der Waals surface area contributed by atoms with Crippen molar-refractivity contribution in [3.8, 4) is 0 Å². The normalized spacial score (nSPS) is 15.0. The Labute approximate surface area is 132 Å². The predicted octanol–water partition coefficient (Wildman–Crippen LogP) is 2.68. The van der Waals surface area contributed by atoms with E-state index < -0.39 is 0 Å². The SMILES string of the molecule is O=c1[nH]c(N2CCCC2)nc2nccc(/C=C/c3ccco3)c12. The fraction of sp³-hybridized carbons (Fsp3) is 0.235. The van der Waals surface area contributed by atoms with E-state index in [0.717, 1.165) is 37.3 Å². The molecule has 0 amide bonds. The Morgan fingerprint density at radius 1 is 1.22 bits per heavy atom. The summed E-state index contributed by atoms with van der Waals surface area (Å²) < 4.78 is 5.27. The van der Waals surface area contributed by atoms with E-state index in [4.69, 9.17) is 4.42 Å². The second-order valence-electron chi connectivity index (χ2n) is 5.53. The first kappa shape index (κ1) is 13.8. The zero-order valence-corrected chi connectivity index (χ0v) is 12.5. The Hall–Kier alpha value is -2.89. The average molecular weight is 308 g/mol. The van der Waals surface area contributed by atoms with Crippen molar-refractivity contribution in [2.45, 2.75) is 12.8 Å². The molecule has 3 aromatic heterocycles. The van der Waals surface area contributed by atoms with Gasteiger partial charge in [0.25, 0.3) is 5.56 Å². The van der Waals surface area contributed by atoms with Gasteiger partial charge in [0.1, 0.15) is 5.76 Å². The van der Waals surface area contributed by atoms with E-state index >= 15 is 0 Å². The lowest BCUT2D eigenvalue weighted by molar-refractivity contribution is 0.557. The van der Waals surface area contributed by atoms with Crippen molar-refractivity contribution in [3.05, 3.63) is 52.3 Å². The summed E-state index contributed by atoms with van der Waals surface area (Å²) in [5, 5.41) is 0.498. The van der Waals surface area contributed by atoms with Gasteiger partial charge in [0.2, 0.25) is 5.95 Å². The Kier molecular flexibility index (Phi) is 3.42. The molecule has 0 unspecified atom stereocenters. The molecule has 4 heterocycles. The Morgan fingerprint density at radius 2 is 2.09 bits per heavy atom. The van der Waals surface area contributed by atoms with Crippen LogP contribution in [0.15, 0.2) is 39.9 Å². The molecule has 0 saturated carbocycles. The molecule has 6 nitrogen and oxygen atoms in total. The third-order valence-electron chi connectivity index (χ3n) is 4.00. The van der Waals surface area contributed by atoms with Crippen molar-refractivity contribution < 1.29 is 4.42 Å². The molecule has 4 rings (SSSR count). The van der Waals surface area contributed by atoms with Gasteiger partial charge in [-0.2, -0.15) is 4.98 Å². The molecule has 23 heavy (non-hydrogen) atoms. The third kappa shape index (κ3) is 2.63. The van der Waals surface area contributed by atoms with Gasteiger partial charge in [-0.1, -0.05) is 6.08 Å². The molecule has 1 aliphatic heterocycles. The molecule has 3 aromatic rings. The molecule has 1 N–H and O–H groups in total. The molecular weight excluding hydrogens is 292 g/mol. The van der Waals surface area contributed by atoms with Crippen molar-refractivity contribution in [2.75, 3.05) is 18.0 Å². The molecule has 0 bridgehead atoms. The number of pyridine rings is 1. The minimum Gasteiger partial charge on any atom is -0.465 e. The van der Waals surface area contributed by atoms with Gasteiger partial charge in [0.15, 0.2) is 5.65 Å². The monoisotopic (exact) mass is 308 g/mol. The van der Waals surface area contributed by atoms with Crippen LogP contribution < -0.4 is 10.5 Å². The smallest absolute Gasteiger partial charge is 0.262 e. The average Bonchev–Trinajstić information content (AvgIpc) is 3.26. The van der Waals surface area contributed by atoms with Gasteiger partial charge in [0, 0.05) is 19.3 Å². The molecule has 6 heteroatoms.